The first kappa shape index (κ1) is 15.8. The van der Waals surface area contributed by atoms with Crippen LogP contribution in [0.4, 0.5) is 4.39 Å². The molecule has 1 amide bonds. The second-order valence-electron chi connectivity index (χ2n) is 4.71. The molecule has 0 bridgehead atoms. The molecule has 0 spiro atoms. The van der Waals surface area contributed by atoms with Gasteiger partial charge in [-0.3, -0.25) is 4.79 Å². The van der Waals surface area contributed by atoms with Gasteiger partial charge in [-0.25, -0.2) is 14.6 Å². The molecular formula is C16H11FN4O2S. The minimum absolute atomic E-state index is 0.0431. The molecule has 0 fully saturated rings. The van der Waals surface area contributed by atoms with Gasteiger partial charge in [0.15, 0.2) is 0 Å². The molecule has 8 heteroatoms. The van der Waals surface area contributed by atoms with Crippen molar-refractivity contribution in [1.29, 1.82) is 0 Å². The fourth-order valence-electron chi connectivity index (χ4n) is 1.91. The number of nitrogens with zero attached hydrogens (tertiary/aromatic N) is 2. The van der Waals surface area contributed by atoms with Gasteiger partial charge in [0.1, 0.15) is 11.5 Å². The van der Waals surface area contributed by atoms with Crippen molar-refractivity contribution in [1.82, 2.24) is 15.4 Å². The summed E-state index contributed by atoms with van der Waals surface area (Å²) in [7, 11) is 0. The molecule has 0 saturated heterocycles. The number of benzene rings is 1. The van der Waals surface area contributed by atoms with Gasteiger partial charge in [0.2, 0.25) is 0 Å². The van der Waals surface area contributed by atoms with E-state index in [4.69, 9.17) is 0 Å². The van der Waals surface area contributed by atoms with Gasteiger partial charge in [-0.05, 0) is 35.2 Å². The number of aromatic nitrogens is 2. The van der Waals surface area contributed by atoms with Gasteiger partial charge < -0.3 is 4.98 Å². The van der Waals surface area contributed by atoms with Crippen molar-refractivity contribution in [2.75, 3.05) is 0 Å². The van der Waals surface area contributed by atoms with E-state index < -0.39 is 11.6 Å². The van der Waals surface area contributed by atoms with Crippen LogP contribution in [0.3, 0.4) is 0 Å². The fourth-order valence-corrected chi connectivity index (χ4v) is 2.61. The van der Waals surface area contributed by atoms with Crippen molar-refractivity contribution in [2.45, 2.75) is 0 Å². The number of halogens is 1. The second-order valence-corrected chi connectivity index (χ2v) is 5.66. The second kappa shape index (κ2) is 6.97. The number of nitrogens with one attached hydrogen (secondary N) is 2. The number of hydrazone groups is 1. The standard InChI is InChI=1S/C16H11FN4O2S/c17-11-5-3-10(4-6-11)9-18-21-15(22)13-8-12(19-16(23)20-13)14-2-1-7-24-14/h1-9H,(H,21,22)(H,19,20,23)/b18-9+. The summed E-state index contributed by atoms with van der Waals surface area (Å²) < 4.78 is 12.8. The summed E-state index contributed by atoms with van der Waals surface area (Å²) in [5.74, 6) is -0.970. The van der Waals surface area contributed by atoms with Gasteiger partial charge >= 0.3 is 5.69 Å². The molecule has 0 atom stereocenters. The Kier molecular flexibility index (Phi) is 4.57. The van der Waals surface area contributed by atoms with Crippen molar-refractivity contribution in [3.05, 3.63) is 75.4 Å². The normalized spacial score (nSPS) is 10.9. The Morgan fingerprint density at radius 1 is 1.29 bits per heavy atom. The summed E-state index contributed by atoms with van der Waals surface area (Å²) in [4.78, 5) is 30.7. The Balaban J connectivity index is 1.75. The van der Waals surface area contributed by atoms with Gasteiger partial charge in [0.05, 0.1) is 16.8 Å². The number of hydrogen-bond acceptors (Lipinski definition) is 5. The third-order valence-electron chi connectivity index (χ3n) is 3.01. The van der Waals surface area contributed by atoms with Crippen LogP contribution in [-0.2, 0) is 0 Å². The van der Waals surface area contributed by atoms with Crippen molar-refractivity contribution in [3.8, 4) is 10.6 Å². The van der Waals surface area contributed by atoms with Crippen molar-refractivity contribution in [2.24, 2.45) is 5.10 Å². The number of H-pyrrole nitrogens is 1. The van der Waals surface area contributed by atoms with Gasteiger partial charge in [-0.1, -0.05) is 18.2 Å². The van der Waals surface area contributed by atoms with Gasteiger partial charge in [0, 0.05) is 0 Å². The molecule has 2 aromatic heterocycles. The Hall–Kier alpha value is -3.13. The van der Waals surface area contributed by atoms with Crippen LogP contribution in [-0.4, -0.2) is 22.1 Å². The van der Waals surface area contributed by atoms with Gasteiger partial charge in [-0.2, -0.15) is 10.1 Å². The van der Waals surface area contributed by atoms with E-state index in [1.54, 1.807) is 0 Å². The third-order valence-corrected chi connectivity index (χ3v) is 3.92. The molecule has 0 radical (unpaired) electrons. The largest absolute Gasteiger partial charge is 0.346 e. The van der Waals surface area contributed by atoms with Crippen molar-refractivity contribution >= 4 is 23.5 Å². The molecule has 2 heterocycles. The lowest BCUT2D eigenvalue weighted by Crippen LogP contribution is -2.24. The van der Waals surface area contributed by atoms with Crippen LogP contribution >= 0.6 is 11.3 Å². The number of rotatable bonds is 4. The van der Waals surface area contributed by atoms with Crippen LogP contribution in [0, 0.1) is 5.82 Å². The predicted molar refractivity (Wildman–Crippen MR) is 89.6 cm³/mol. The molecule has 0 aliphatic rings. The molecule has 24 heavy (non-hydrogen) atoms. The van der Waals surface area contributed by atoms with E-state index in [1.165, 1.54) is 47.9 Å². The highest BCUT2D eigenvalue weighted by Crippen LogP contribution is 2.21. The van der Waals surface area contributed by atoms with E-state index in [0.717, 1.165) is 4.88 Å². The van der Waals surface area contributed by atoms with E-state index in [-0.39, 0.29) is 11.5 Å². The highest BCUT2D eigenvalue weighted by atomic mass is 32.1. The first-order chi connectivity index (χ1) is 11.6. The fraction of sp³-hybridized carbons (Fsp3) is 0. The molecule has 0 saturated carbocycles. The molecular weight excluding hydrogens is 331 g/mol. The van der Waals surface area contributed by atoms with Crippen LogP contribution in [0.5, 0.6) is 0 Å². The lowest BCUT2D eigenvalue weighted by atomic mass is 10.2. The molecule has 0 aliphatic heterocycles. The van der Waals surface area contributed by atoms with Crippen LogP contribution in [0.25, 0.3) is 10.6 Å². The molecule has 3 rings (SSSR count). The zero-order valence-electron chi connectivity index (χ0n) is 12.2. The highest BCUT2D eigenvalue weighted by molar-refractivity contribution is 7.13. The van der Waals surface area contributed by atoms with Crippen LogP contribution in [0.1, 0.15) is 16.1 Å². The van der Waals surface area contributed by atoms with E-state index in [2.05, 4.69) is 20.5 Å². The maximum atomic E-state index is 12.8. The summed E-state index contributed by atoms with van der Waals surface area (Å²) in [5, 5.41) is 5.63. The van der Waals surface area contributed by atoms with E-state index in [1.807, 2.05) is 17.5 Å². The molecule has 0 aliphatic carbocycles. The molecule has 6 nitrogen and oxygen atoms in total. The minimum Gasteiger partial charge on any atom is -0.305 e. The Labute approximate surface area is 139 Å². The average Bonchev–Trinajstić information content (AvgIpc) is 3.10. The first-order valence-corrected chi connectivity index (χ1v) is 7.74. The Bertz CT molecular complexity index is 933. The summed E-state index contributed by atoms with van der Waals surface area (Å²) >= 11 is 1.43. The van der Waals surface area contributed by atoms with E-state index >= 15 is 0 Å². The number of thiophene rings is 1. The quantitative estimate of drug-likeness (QED) is 0.564. The minimum atomic E-state index is -0.617. The smallest absolute Gasteiger partial charge is 0.305 e. The number of hydrogen-bond donors (Lipinski definition) is 2. The monoisotopic (exact) mass is 342 g/mol. The van der Waals surface area contributed by atoms with Crippen LogP contribution < -0.4 is 11.1 Å². The number of carbonyl (C=O) groups is 1. The van der Waals surface area contributed by atoms with E-state index in [9.17, 15) is 14.0 Å². The summed E-state index contributed by atoms with van der Waals surface area (Å²) in [6.07, 6.45) is 1.37. The van der Waals surface area contributed by atoms with Crippen LogP contribution in [0.15, 0.2) is 57.7 Å². The molecule has 1 aromatic carbocycles. The van der Waals surface area contributed by atoms with E-state index in [0.29, 0.717) is 11.3 Å². The SMILES string of the molecule is O=C(N/N=C/c1ccc(F)cc1)c1cc(-c2cccs2)[nH]c(=O)n1. The summed E-state index contributed by atoms with van der Waals surface area (Å²) in [5.41, 5.74) is 2.76. The topological polar surface area (TPSA) is 87.2 Å². The lowest BCUT2D eigenvalue weighted by Gasteiger charge is -2.01. The maximum Gasteiger partial charge on any atom is 0.346 e. The molecule has 2 N–H and O–H groups in total. The third kappa shape index (κ3) is 3.79. The molecule has 3 aromatic rings. The summed E-state index contributed by atoms with van der Waals surface area (Å²) in [6.45, 7) is 0. The van der Waals surface area contributed by atoms with Gasteiger partial charge in [0.25, 0.3) is 5.91 Å². The Morgan fingerprint density at radius 2 is 2.08 bits per heavy atom. The molecule has 120 valence electrons. The van der Waals surface area contributed by atoms with Crippen molar-refractivity contribution in [3.63, 3.8) is 0 Å². The zero-order chi connectivity index (χ0) is 16.9. The number of amides is 1. The van der Waals surface area contributed by atoms with Crippen molar-refractivity contribution < 1.29 is 9.18 Å². The average molecular weight is 342 g/mol. The van der Waals surface area contributed by atoms with Gasteiger partial charge in [-0.15, -0.1) is 11.3 Å². The Morgan fingerprint density at radius 3 is 2.79 bits per heavy atom. The molecule has 0 unspecified atom stereocenters. The maximum absolute atomic E-state index is 12.8. The summed E-state index contributed by atoms with van der Waals surface area (Å²) in [6, 6.07) is 10.8. The number of aromatic amines is 1. The predicted octanol–water partition coefficient (Wildman–Crippen LogP) is 2.40. The zero-order valence-corrected chi connectivity index (χ0v) is 13.0. The number of carbonyl (C=O) groups excluding carboxylic acids is 1. The van der Waals surface area contributed by atoms with Crippen LogP contribution in [0.2, 0.25) is 0 Å². The highest BCUT2D eigenvalue weighted by Gasteiger charge is 2.10. The lowest BCUT2D eigenvalue weighted by molar-refractivity contribution is 0.0949. The first-order valence-electron chi connectivity index (χ1n) is 6.86.